The van der Waals surface area contributed by atoms with Crippen molar-refractivity contribution in [3.8, 4) is 0 Å². The van der Waals surface area contributed by atoms with Crippen molar-refractivity contribution in [1.82, 2.24) is 4.98 Å². The Balaban J connectivity index is 2.07. The van der Waals surface area contributed by atoms with E-state index in [1.54, 1.807) is 0 Å². The molecule has 1 aromatic heterocycles. The number of fused-ring (bicyclic) bond motifs is 1. The van der Waals surface area contributed by atoms with Crippen LogP contribution < -0.4 is 0 Å². The minimum Gasteiger partial charge on any atom is -0.256 e. The predicted octanol–water partition coefficient (Wildman–Crippen LogP) is 5.12. The van der Waals surface area contributed by atoms with Crippen LogP contribution in [-0.2, 0) is 11.8 Å². The fourth-order valence-electron chi connectivity index (χ4n) is 2.79. The lowest BCUT2D eigenvalue weighted by atomic mass is 9.84. The van der Waals surface area contributed by atoms with E-state index in [9.17, 15) is 0 Å². The topological polar surface area (TPSA) is 12.9 Å². The third-order valence-electron chi connectivity index (χ3n) is 3.87. The van der Waals surface area contributed by atoms with Crippen molar-refractivity contribution in [2.75, 3.05) is 0 Å². The molecule has 0 saturated heterocycles. The summed E-state index contributed by atoms with van der Waals surface area (Å²) in [5.41, 5.74) is 5.26. The van der Waals surface area contributed by atoms with Crippen LogP contribution in [0.4, 0.5) is 0 Å². The van der Waals surface area contributed by atoms with Gasteiger partial charge in [0.1, 0.15) is 0 Å². The Hall–Kier alpha value is -2.15. The number of aromatic nitrogens is 1. The van der Waals surface area contributed by atoms with Gasteiger partial charge >= 0.3 is 0 Å². The van der Waals surface area contributed by atoms with Gasteiger partial charge in [0.25, 0.3) is 0 Å². The lowest BCUT2D eigenvalue weighted by molar-refractivity contribution is 0.595. The highest BCUT2D eigenvalue weighted by Gasteiger charge is 2.17. The van der Waals surface area contributed by atoms with E-state index in [1.165, 1.54) is 22.1 Å². The smallest absolute Gasteiger partial charge is 0.0705 e. The fourth-order valence-corrected chi connectivity index (χ4v) is 2.79. The number of pyridine rings is 1. The number of benzene rings is 2. The maximum absolute atomic E-state index is 4.50. The maximum atomic E-state index is 4.50. The monoisotopic (exact) mass is 275 g/mol. The molecule has 0 spiro atoms. The summed E-state index contributed by atoms with van der Waals surface area (Å²) >= 11 is 0. The highest BCUT2D eigenvalue weighted by Crippen LogP contribution is 2.29. The first-order chi connectivity index (χ1) is 10.0. The molecule has 0 saturated carbocycles. The molecule has 0 amide bonds. The normalized spacial score (nSPS) is 11.8. The van der Waals surface area contributed by atoms with Crippen molar-refractivity contribution in [3.63, 3.8) is 0 Å². The van der Waals surface area contributed by atoms with Gasteiger partial charge in [-0.2, -0.15) is 0 Å². The zero-order chi connectivity index (χ0) is 14.9. The van der Waals surface area contributed by atoms with Gasteiger partial charge in [-0.25, -0.2) is 0 Å². The van der Waals surface area contributed by atoms with Gasteiger partial charge in [0.2, 0.25) is 0 Å². The maximum Gasteiger partial charge on any atom is 0.0705 e. The van der Waals surface area contributed by atoms with Crippen LogP contribution in [0.15, 0.2) is 60.8 Å². The first-order valence-electron chi connectivity index (χ1n) is 7.46. The van der Waals surface area contributed by atoms with Crippen LogP contribution in [0.1, 0.15) is 37.5 Å². The Bertz CT molecular complexity index is 752. The molecule has 3 rings (SSSR count). The van der Waals surface area contributed by atoms with Gasteiger partial charge in [0, 0.05) is 11.6 Å². The molecule has 1 nitrogen and oxygen atoms in total. The van der Waals surface area contributed by atoms with Crippen LogP contribution in [0.5, 0.6) is 0 Å². The van der Waals surface area contributed by atoms with Crippen molar-refractivity contribution < 1.29 is 0 Å². The average molecular weight is 275 g/mol. The highest BCUT2D eigenvalue weighted by atomic mass is 14.6. The Morgan fingerprint density at radius 3 is 2.33 bits per heavy atom. The second-order valence-corrected chi connectivity index (χ2v) is 6.62. The summed E-state index contributed by atoms with van der Waals surface area (Å²) in [6, 6.07) is 19.4. The Labute approximate surface area is 126 Å². The lowest BCUT2D eigenvalue weighted by Crippen LogP contribution is -2.12. The van der Waals surface area contributed by atoms with Gasteiger partial charge in [-0.15, -0.1) is 0 Å². The van der Waals surface area contributed by atoms with Crippen molar-refractivity contribution in [2.45, 2.75) is 32.6 Å². The van der Waals surface area contributed by atoms with Crippen molar-refractivity contribution >= 4 is 10.9 Å². The summed E-state index contributed by atoms with van der Waals surface area (Å²) in [6.45, 7) is 6.77. The summed E-state index contributed by atoms with van der Waals surface area (Å²) in [7, 11) is 0. The van der Waals surface area contributed by atoms with Gasteiger partial charge < -0.3 is 0 Å². The first kappa shape index (κ1) is 13.8. The van der Waals surface area contributed by atoms with Crippen molar-refractivity contribution in [3.05, 3.63) is 77.5 Å². The zero-order valence-corrected chi connectivity index (χ0v) is 12.9. The summed E-state index contributed by atoms with van der Waals surface area (Å²) in [5, 5.41) is 1.28. The molecule has 1 heterocycles. The largest absolute Gasteiger partial charge is 0.256 e. The van der Waals surface area contributed by atoms with E-state index in [-0.39, 0.29) is 5.41 Å². The lowest BCUT2D eigenvalue weighted by Gasteiger charge is -2.21. The molecule has 0 N–H and O–H groups in total. The van der Waals surface area contributed by atoms with E-state index in [2.05, 4.69) is 80.4 Å². The van der Waals surface area contributed by atoms with Crippen LogP contribution in [0, 0.1) is 0 Å². The van der Waals surface area contributed by atoms with Crippen LogP contribution >= 0.6 is 0 Å². The molecular formula is C20H21N. The van der Waals surface area contributed by atoms with E-state index in [4.69, 9.17) is 0 Å². The molecule has 0 aliphatic carbocycles. The number of hydrogen-bond acceptors (Lipinski definition) is 1. The SMILES string of the molecule is CC(C)(C)c1ccnc2ccc(Cc3ccccc3)cc12. The van der Waals surface area contributed by atoms with E-state index in [0.29, 0.717) is 0 Å². The Kier molecular flexibility index (Phi) is 3.50. The van der Waals surface area contributed by atoms with E-state index in [1.807, 2.05) is 6.20 Å². The Morgan fingerprint density at radius 2 is 1.62 bits per heavy atom. The molecule has 1 heteroatoms. The molecule has 106 valence electrons. The molecule has 0 fully saturated rings. The zero-order valence-electron chi connectivity index (χ0n) is 12.9. The fraction of sp³-hybridized carbons (Fsp3) is 0.250. The second kappa shape index (κ2) is 5.33. The van der Waals surface area contributed by atoms with Gasteiger partial charge in [-0.05, 0) is 46.7 Å². The summed E-state index contributed by atoms with van der Waals surface area (Å²) < 4.78 is 0. The van der Waals surface area contributed by atoms with Gasteiger partial charge in [-0.3, -0.25) is 4.98 Å². The average Bonchev–Trinajstić information content (AvgIpc) is 2.46. The van der Waals surface area contributed by atoms with Crippen molar-refractivity contribution in [2.24, 2.45) is 0 Å². The third kappa shape index (κ3) is 2.97. The molecule has 21 heavy (non-hydrogen) atoms. The summed E-state index contributed by atoms with van der Waals surface area (Å²) in [5.74, 6) is 0. The standard InChI is InChI=1S/C20H21N/c1-20(2,3)18-11-12-21-19-10-9-16(14-17(18)19)13-15-7-5-4-6-8-15/h4-12,14H,13H2,1-3H3. The van der Waals surface area contributed by atoms with Gasteiger partial charge in [-0.1, -0.05) is 57.2 Å². The molecular weight excluding hydrogens is 254 g/mol. The van der Waals surface area contributed by atoms with Crippen LogP contribution in [0.2, 0.25) is 0 Å². The third-order valence-corrected chi connectivity index (χ3v) is 3.87. The minimum atomic E-state index is 0.132. The molecule has 0 aliphatic heterocycles. The van der Waals surface area contributed by atoms with Gasteiger partial charge in [0.15, 0.2) is 0 Å². The van der Waals surface area contributed by atoms with E-state index < -0.39 is 0 Å². The highest BCUT2D eigenvalue weighted by molar-refractivity contribution is 5.83. The number of nitrogens with zero attached hydrogens (tertiary/aromatic N) is 1. The number of hydrogen-bond donors (Lipinski definition) is 0. The molecule has 0 radical (unpaired) electrons. The van der Waals surface area contributed by atoms with E-state index in [0.717, 1.165) is 11.9 Å². The second-order valence-electron chi connectivity index (χ2n) is 6.62. The summed E-state index contributed by atoms with van der Waals surface area (Å²) in [4.78, 5) is 4.50. The molecule has 0 unspecified atom stereocenters. The van der Waals surface area contributed by atoms with Crippen molar-refractivity contribution in [1.29, 1.82) is 0 Å². The molecule has 3 aromatic rings. The Morgan fingerprint density at radius 1 is 0.857 bits per heavy atom. The molecule has 0 atom stereocenters. The number of rotatable bonds is 2. The quantitative estimate of drug-likeness (QED) is 0.632. The van der Waals surface area contributed by atoms with Crippen LogP contribution in [0.25, 0.3) is 10.9 Å². The van der Waals surface area contributed by atoms with Crippen LogP contribution in [-0.4, -0.2) is 4.98 Å². The van der Waals surface area contributed by atoms with Gasteiger partial charge in [0.05, 0.1) is 5.52 Å². The van der Waals surface area contributed by atoms with Crippen LogP contribution in [0.3, 0.4) is 0 Å². The van der Waals surface area contributed by atoms with E-state index >= 15 is 0 Å². The molecule has 0 aliphatic rings. The predicted molar refractivity (Wildman–Crippen MR) is 89.7 cm³/mol. The minimum absolute atomic E-state index is 0.132. The molecule has 0 bridgehead atoms. The summed E-state index contributed by atoms with van der Waals surface area (Å²) in [6.07, 6.45) is 2.88. The molecule has 2 aromatic carbocycles. The first-order valence-corrected chi connectivity index (χ1v) is 7.46.